The van der Waals surface area contributed by atoms with Crippen LogP contribution in [-0.2, 0) is 9.53 Å². The van der Waals surface area contributed by atoms with E-state index in [1.54, 1.807) is 7.11 Å². The van der Waals surface area contributed by atoms with E-state index in [-0.39, 0.29) is 11.9 Å². The van der Waals surface area contributed by atoms with Crippen molar-refractivity contribution >= 4 is 5.91 Å². The first-order valence-electron chi connectivity index (χ1n) is 5.84. The second-order valence-electron chi connectivity index (χ2n) is 4.30. The number of carbonyl (C=O) groups is 1. The minimum Gasteiger partial charge on any atom is -0.383 e. The highest BCUT2D eigenvalue weighted by Gasteiger charge is 2.23. The van der Waals surface area contributed by atoms with Crippen LogP contribution in [0.3, 0.4) is 0 Å². The molecule has 0 unspecified atom stereocenters. The first-order valence-corrected chi connectivity index (χ1v) is 5.84. The van der Waals surface area contributed by atoms with Gasteiger partial charge in [0.25, 0.3) is 0 Å². The Hall–Kier alpha value is -0.650. The van der Waals surface area contributed by atoms with Gasteiger partial charge in [0.1, 0.15) is 0 Å². The van der Waals surface area contributed by atoms with Crippen molar-refractivity contribution < 1.29 is 9.53 Å². The summed E-state index contributed by atoms with van der Waals surface area (Å²) < 4.78 is 4.90. The van der Waals surface area contributed by atoms with Crippen LogP contribution in [0.5, 0.6) is 0 Å². The summed E-state index contributed by atoms with van der Waals surface area (Å²) in [7, 11) is 3.75. The zero-order valence-corrected chi connectivity index (χ0v) is 10.5. The lowest BCUT2D eigenvalue weighted by Crippen LogP contribution is -2.53. The molecule has 1 fully saturated rings. The zero-order chi connectivity index (χ0) is 12.0. The molecular weight excluding hydrogens is 206 g/mol. The number of piperazine rings is 1. The van der Waals surface area contributed by atoms with Gasteiger partial charge in [-0.1, -0.05) is 0 Å². The molecule has 0 saturated carbocycles. The van der Waals surface area contributed by atoms with Gasteiger partial charge < -0.3 is 15.0 Å². The summed E-state index contributed by atoms with van der Waals surface area (Å²) in [4.78, 5) is 16.3. The molecule has 1 saturated heterocycles. The van der Waals surface area contributed by atoms with E-state index in [9.17, 15) is 4.79 Å². The van der Waals surface area contributed by atoms with Crippen molar-refractivity contribution in [1.82, 2.24) is 15.1 Å². The van der Waals surface area contributed by atoms with E-state index in [0.29, 0.717) is 13.2 Å². The molecule has 0 aliphatic carbocycles. The van der Waals surface area contributed by atoms with Crippen LogP contribution in [0.25, 0.3) is 0 Å². The molecule has 1 atom stereocenters. The Balaban J connectivity index is 2.27. The highest BCUT2D eigenvalue weighted by atomic mass is 16.5. The van der Waals surface area contributed by atoms with E-state index in [1.807, 2.05) is 6.92 Å². The molecular formula is C11H23N3O2. The van der Waals surface area contributed by atoms with Gasteiger partial charge in [-0.05, 0) is 14.0 Å². The number of hydrogen-bond donors (Lipinski definition) is 1. The number of methoxy groups -OCH3 is 1. The number of nitrogens with one attached hydrogen (secondary N) is 1. The van der Waals surface area contributed by atoms with Crippen LogP contribution in [0.15, 0.2) is 0 Å². The first kappa shape index (κ1) is 13.4. The lowest BCUT2D eigenvalue weighted by Gasteiger charge is -2.35. The molecule has 0 aromatic carbocycles. The normalized spacial score (nSPS) is 20.7. The number of nitrogens with zero attached hydrogens (tertiary/aromatic N) is 2. The average Bonchev–Trinajstić information content (AvgIpc) is 2.29. The number of carbonyl (C=O) groups excluding carboxylic acids is 1. The highest BCUT2D eigenvalue weighted by Crippen LogP contribution is 2.04. The van der Waals surface area contributed by atoms with E-state index >= 15 is 0 Å². The lowest BCUT2D eigenvalue weighted by atomic mass is 10.2. The number of ether oxygens (including phenoxy) is 1. The van der Waals surface area contributed by atoms with E-state index in [4.69, 9.17) is 4.74 Å². The van der Waals surface area contributed by atoms with Crippen molar-refractivity contribution in [2.45, 2.75) is 13.0 Å². The molecule has 5 nitrogen and oxygen atoms in total. The van der Waals surface area contributed by atoms with Gasteiger partial charge in [-0.15, -0.1) is 0 Å². The average molecular weight is 229 g/mol. The van der Waals surface area contributed by atoms with Crippen LogP contribution in [-0.4, -0.2) is 75.2 Å². The monoisotopic (exact) mass is 229 g/mol. The van der Waals surface area contributed by atoms with Crippen molar-refractivity contribution in [3.05, 3.63) is 0 Å². The van der Waals surface area contributed by atoms with Crippen LogP contribution >= 0.6 is 0 Å². The SMILES string of the molecule is COCCNC(=O)[C@@H](C)N1CCN(C)CC1. The summed E-state index contributed by atoms with van der Waals surface area (Å²) in [5.74, 6) is 0.0987. The molecule has 0 spiro atoms. The van der Waals surface area contributed by atoms with Gasteiger partial charge in [0.15, 0.2) is 0 Å². The molecule has 0 aromatic rings. The predicted octanol–water partition coefficient (Wildman–Crippen LogP) is -0.615. The third-order valence-electron chi connectivity index (χ3n) is 3.07. The van der Waals surface area contributed by atoms with Crippen LogP contribution in [0.4, 0.5) is 0 Å². The maximum Gasteiger partial charge on any atom is 0.237 e. The Labute approximate surface area is 97.7 Å². The molecule has 94 valence electrons. The summed E-state index contributed by atoms with van der Waals surface area (Å²) in [5.41, 5.74) is 0. The molecule has 1 N–H and O–H groups in total. The Morgan fingerprint density at radius 3 is 2.56 bits per heavy atom. The Morgan fingerprint density at radius 2 is 2.00 bits per heavy atom. The van der Waals surface area contributed by atoms with Gasteiger partial charge in [0.05, 0.1) is 12.6 Å². The van der Waals surface area contributed by atoms with Crippen LogP contribution in [0.1, 0.15) is 6.92 Å². The molecule has 1 amide bonds. The zero-order valence-electron chi connectivity index (χ0n) is 10.5. The summed E-state index contributed by atoms with van der Waals surface area (Å²) >= 11 is 0. The number of amides is 1. The fourth-order valence-corrected chi connectivity index (χ4v) is 1.80. The van der Waals surface area contributed by atoms with Gasteiger partial charge in [-0.25, -0.2) is 0 Å². The predicted molar refractivity (Wildman–Crippen MR) is 63.4 cm³/mol. The second-order valence-corrected chi connectivity index (χ2v) is 4.30. The number of likely N-dealkylation sites (N-methyl/N-ethyl adjacent to an activating group) is 1. The molecule has 0 aromatic heterocycles. The van der Waals surface area contributed by atoms with Crippen LogP contribution < -0.4 is 5.32 Å². The second kappa shape index (κ2) is 6.83. The molecule has 0 radical (unpaired) electrons. The fraction of sp³-hybridized carbons (Fsp3) is 0.909. The van der Waals surface area contributed by atoms with Crippen LogP contribution in [0.2, 0.25) is 0 Å². The molecule has 1 aliphatic rings. The van der Waals surface area contributed by atoms with Crippen molar-refractivity contribution in [1.29, 1.82) is 0 Å². The summed E-state index contributed by atoms with van der Waals surface area (Å²) in [6.45, 7) is 7.14. The van der Waals surface area contributed by atoms with E-state index in [1.165, 1.54) is 0 Å². The van der Waals surface area contributed by atoms with E-state index < -0.39 is 0 Å². The van der Waals surface area contributed by atoms with Crippen molar-refractivity contribution in [3.8, 4) is 0 Å². The van der Waals surface area contributed by atoms with E-state index in [2.05, 4.69) is 22.2 Å². The molecule has 1 aliphatic heterocycles. The lowest BCUT2D eigenvalue weighted by molar-refractivity contribution is -0.126. The van der Waals surface area contributed by atoms with Crippen molar-refractivity contribution in [2.75, 3.05) is 53.5 Å². The molecule has 16 heavy (non-hydrogen) atoms. The maximum absolute atomic E-state index is 11.8. The third kappa shape index (κ3) is 4.08. The summed E-state index contributed by atoms with van der Waals surface area (Å²) in [5, 5.41) is 2.87. The molecule has 1 rings (SSSR count). The third-order valence-corrected chi connectivity index (χ3v) is 3.07. The molecule has 1 heterocycles. The van der Waals surface area contributed by atoms with Gasteiger partial charge >= 0.3 is 0 Å². The Bertz CT molecular complexity index is 215. The largest absolute Gasteiger partial charge is 0.383 e. The fourth-order valence-electron chi connectivity index (χ4n) is 1.80. The Kier molecular flexibility index (Phi) is 5.73. The smallest absolute Gasteiger partial charge is 0.237 e. The number of rotatable bonds is 5. The first-order chi connectivity index (χ1) is 7.65. The maximum atomic E-state index is 11.8. The van der Waals surface area contributed by atoms with Crippen molar-refractivity contribution in [3.63, 3.8) is 0 Å². The minimum atomic E-state index is -0.0365. The van der Waals surface area contributed by atoms with Crippen LogP contribution in [0, 0.1) is 0 Å². The summed E-state index contributed by atoms with van der Waals surface area (Å²) in [6, 6.07) is -0.0365. The quantitative estimate of drug-likeness (QED) is 0.639. The van der Waals surface area contributed by atoms with Crippen molar-refractivity contribution in [2.24, 2.45) is 0 Å². The van der Waals surface area contributed by atoms with Gasteiger partial charge in [-0.3, -0.25) is 9.69 Å². The minimum absolute atomic E-state index is 0.0365. The number of hydrogen-bond acceptors (Lipinski definition) is 4. The van der Waals surface area contributed by atoms with Gasteiger partial charge in [-0.2, -0.15) is 0 Å². The van der Waals surface area contributed by atoms with E-state index in [0.717, 1.165) is 26.2 Å². The van der Waals surface area contributed by atoms with Gasteiger partial charge in [0, 0.05) is 39.8 Å². The van der Waals surface area contributed by atoms with Gasteiger partial charge in [0.2, 0.25) is 5.91 Å². The highest BCUT2D eigenvalue weighted by molar-refractivity contribution is 5.81. The summed E-state index contributed by atoms with van der Waals surface area (Å²) in [6.07, 6.45) is 0. The molecule has 5 heteroatoms. The topological polar surface area (TPSA) is 44.8 Å². The Morgan fingerprint density at radius 1 is 1.38 bits per heavy atom. The standard InChI is InChI=1S/C11H23N3O2/c1-10(11(15)12-4-9-16-3)14-7-5-13(2)6-8-14/h10H,4-9H2,1-3H3,(H,12,15)/t10-/m1/s1. The molecule has 0 bridgehead atoms.